The van der Waals surface area contributed by atoms with Crippen LogP contribution >= 0.6 is 0 Å². The highest BCUT2D eigenvalue weighted by molar-refractivity contribution is 5.36. The van der Waals surface area contributed by atoms with Gasteiger partial charge in [-0.1, -0.05) is 0 Å². The molecule has 1 unspecified atom stereocenters. The normalized spacial score (nSPS) is 12.3. The van der Waals surface area contributed by atoms with Gasteiger partial charge in [0.15, 0.2) is 0 Å². The van der Waals surface area contributed by atoms with Crippen molar-refractivity contribution in [1.82, 2.24) is 15.0 Å². The standard InChI is InChI=1S/C12H23N5O2/c1-6-18-7-9(4)14-11-15-10(13-5)16-12(17-11)19-8(2)3/h8-9H,6-7H2,1-5H3,(H2,13,14,15,16,17). The SMILES string of the molecule is CCOCC(C)Nc1nc(NC)nc(OC(C)C)n1. The van der Waals surface area contributed by atoms with Crippen LogP contribution in [-0.2, 0) is 4.74 Å². The van der Waals surface area contributed by atoms with E-state index in [-0.39, 0.29) is 12.1 Å². The number of nitrogens with one attached hydrogen (secondary N) is 2. The van der Waals surface area contributed by atoms with Gasteiger partial charge < -0.3 is 20.1 Å². The van der Waals surface area contributed by atoms with Gasteiger partial charge in [0.25, 0.3) is 0 Å². The number of anilines is 2. The predicted molar refractivity (Wildman–Crippen MR) is 74.7 cm³/mol. The largest absolute Gasteiger partial charge is 0.461 e. The maximum absolute atomic E-state index is 5.49. The zero-order valence-electron chi connectivity index (χ0n) is 12.2. The number of ether oxygens (including phenoxy) is 2. The van der Waals surface area contributed by atoms with Crippen LogP contribution in [-0.4, -0.2) is 47.4 Å². The monoisotopic (exact) mass is 269 g/mol. The van der Waals surface area contributed by atoms with Gasteiger partial charge in [0.2, 0.25) is 11.9 Å². The summed E-state index contributed by atoms with van der Waals surface area (Å²) in [7, 11) is 1.75. The molecule has 0 radical (unpaired) electrons. The predicted octanol–water partition coefficient (Wildman–Crippen LogP) is 1.54. The molecule has 0 spiro atoms. The Kier molecular flexibility index (Phi) is 6.27. The van der Waals surface area contributed by atoms with Gasteiger partial charge in [-0.25, -0.2) is 0 Å². The second-order valence-electron chi connectivity index (χ2n) is 4.39. The fourth-order valence-electron chi connectivity index (χ4n) is 1.35. The summed E-state index contributed by atoms with van der Waals surface area (Å²) in [5, 5.41) is 6.04. The van der Waals surface area contributed by atoms with E-state index in [1.54, 1.807) is 7.05 Å². The maximum Gasteiger partial charge on any atom is 0.323 e. The number of aromatic nitrogens is 3. The summed E-state index contributed by atoms with van der Waals surface area (Å²) < 4.78 is 10.8. The van der Waals surface area contributed by atoms with E-state index in [0.29, 0.717) is 31.1 Å². The molecule has 7 heteroatoms. The molecule has 1 aromatic rings. The van der Waals surface area contributed by atoms with Gasteiger partial charge in [-0.2, -0.15) is 15.0 Å². The maximum atomic E-state index is 5.49. The molecular weight excluding hydrogens is 246 g/mol. The molecule has 0 aliphatic carbocycles. The third kappa shape index (κ3) is 5.69. The average molecular weight is 269 g/mol. The van der Waals surface area contributed by atoms with E-state index in [2.05, 4.69) is 25.6 Å². The van der Waals surface area contributed by atoms with Crippen LogP contribution in [0, 0.1) is 0 Å². The third-order valence-corrected chi connectivity index (χ3v) is 2.13. The molecular formula is C12H23N5O2. The van der Waals surface area contributed by atoms with Crippen molar-refractivity contribution in [2.24, 2.45) is 0 Å². The van der Waals surface area contributed by atoms with Crippen LogP contribution in [0.5, 0.6) is 6.01 Å². The summed E-state index contributed by atoms with van der Waals surface area (Å²) in [6, 6.07) is 0.416. The number of rotatable bonds is 8. The smallest absolute Gasteiger partial charge is 0.323 e. The minimum absolute atomic E-state index is 0.0146. The number of nitrogens with zero attached hydrogens (tertiary/aromatic N) is 3. The van der Waals surface area contributed by atoms with Crippen molar-refractivity contribution in [3.8, 4) is 6.01 Å². The summed E-state index contributed by atoms with van der Waals surface area (Å²) in [4.78, 5) is 12.6. The van der Waals surface area contributed by atoms with E-state index in [4.69, 9.17) is 9.47 Å². The number of hydrogen-bond acceptors (Lipinski definition) is 7. The Bertz CT molecular complexity index is 386. The molecule has 0 saturated carbocycles. The van der Waals surface area contributed by atoms with Crippen LogP contribution in [0.25, 0.3) is 0 Å². The van der Waals surface area contributed by atoms with Crippen molar-refractivity contribution in [1.29, 1.82) is 0 Å². The molecule has 0 saturated heterocycles. The van der Waals surface area contributed by atoms with Crippen molar-refractivity contribution >= 4 is 11.9 Å². The average Bonchev–Trinajstić information content (AvgIpc) is 2.35. The van der Waals surface area contributed by atoms with Gasteiger partial charge in [0.05, 0.1) is 12.7 Å². The molecule has 1 atom stereocenters. The van der Waals surface area contributed by atoms with Crippen molar-refractivity contribution in [2.75, 3.05) is 30.9 Å². The lowest BCUT2D eigenvalue weighted by molar-refractivity contribution is 0.141. The Morgan fingerprint density at radius 1 is 1.11 bits per heavy atom. The third-order valence-electron chi connectivity index (χ3n) is 2.13. The first-order valence-electron chi connectivity index (χ1n) is 6.49. The summed E-state index contributed by atoms with van der Waals surface area (Å²) >= 11 is 0. The van der Waals surface area contributed by atoms with Crippen LogP contribution < -0.4 is 15.4 Å². The lowest BCUT2D eigenvalue weighted by Crippen LogP contribution is -2.23. The summed E-state index contributed by atoms with van der Waals surface area (Å²) in [5.41, 5.74) is 0. The van der Waals surface area contributed by atoms with Crippen molar-refractivity contribution in [2.45, 2.75) is 39.8 Å². The first-order chi connectivity index (χ1) is 9.05. The summed E-state index contributed by atoms with van der Waals surface area (Å²) in [6.07, 6.45) is 0.0146. The van der Waals surface area contributed by atoms with Gasteiger partial charge in [-0.15, -0.1) is 0 Å². The minimum Gasteiger partial charge on any atom is -0.461 e. The Balaban J connectivity index is 2.75. The highest BCUT2D eigenvalue weighted by atomic mass is 16.5. The molecule has 108 valence electrons. The molecule has 1 aromatic heterocycles. The van der Waals surface area contributed by atoms with E-state index in [1.807, 2.05) is 27.7 Å². The topological polar surface area (TPSA) is 81.2 Å². The Morgan fingerprint density at radius 2 is 1.79 bits per heavy atom. The van der Waals surface area contributed by atoms with Crippen LogP contribution in [0.15, 0.2) is 0 Å². The Labute approximate surface area is 114 Å². The molecule has 0 fully saturated rings. The molecule has 2 N–H and O–H groups in total. The summed E-state index contributed by atoms with van der Waals surface area (Å²) in [6.45, 7) is 9.09. The molecule has 0 amide bonds. The van der Waals surface area contributed by atoms with E-state index in [1.165, 1.54) is 0 Å². The van der Waals surface area contributed by atoms with Crippen LogP contribution in [0.2, 0.25) is 0 Å². The van der Waals surface area contributed by atoms with E-state index in [9.17, 15) is 0 Å². The Hall–Kier alpha value is -1.63. The summed E-state index contributed by atoms with van der Waals surface area (Å²) in [5.74, 6) is 0.943. The second-order valence-corrected chi connectivity index (χ2v) is 4.39. The molecule has 0 aliphatic rings. The van der Waals surface area contributed by atoms with E-state index in [0.717, 1.165) is 0 Å². The van der Waals surface area contributed by atoms with Crippen molar-refractivity contribution in [3.63, 3.8) is 0 Å². The first-order valence-corrected chi connectivity index (χ1v) is 6.49. The molecule has 7 nitrogen and oxygen atoms in total. The zero-order valence-corrected chi connectivity index (χ0v) is 12.2. The first kappa shape index (κ1) is 15.4. The molecule has 0 bridgehead atoms. The number of hydrogen-bond donors (Lipinski definition) is 2. The van der Waals surface area contributed by atoms with Gasteiger partial charge in [0, 0.05) is 19.7 Å². The van der Waals surface area contributed by atoms with Gasteiger partial charge in [-0.05, 0) is 27.7 Å². The molecule has 0 aromatic carbocycles. The van der Waals surface area contributed by atoms with Gasteiger partial charge in [0.1, 0.15) is 0 Å². The molecule has 1 rings (SSSR count). The minimum atomic E-state index is 0.0146. The highest BCUT2D eigenvalue weighted by Gasteiger charge is 2.10. The molecule has 19 heavy (non-hydrogen) atoms. The molecule has 0 aliphatic heterocycles. The van der Waals surface area contributed by atoms with E-state index < -0.39 is 0 Å². The lowest BCUT2D eigenvalue weighted by Gasteiger charge is -2.15. The van der Waals surface area contributed by atoms with Crippen LogP contribution in [0.1, 0.15) is 27.7 Å². The van der Waals surface area contributed by atoms with E-state index >= 15 is 0 Å². The van der Waals surface area contributed by atoms with Gasteiger partial charge in [-0.3, -0.25) is 0 Å². The highest BCUT2D eigenvalue weighted by Crippen LogP contribution is 2.12. The lowest BCUT2D eigenvalue weighted by atomic mass is 10.4. The quantitative estimate of drug-likeness (QED) is 0.740. The zero-order chi connectivity index (χ0) is 14.3. The van der Waals surface area contributed by atoms with Crippen LogP contribution in [0.4, 0.5) is 11.9 Å². The van der Waals surface area contributed by atoms with Crippen LogP contribution in [0.3, 0.4) is 0 Å². The fraction of sp³-hybridized carbons (Fsp3) is 0.750. The van der Waals surface area contributed by atoms with Gasteiger partial charge >= 0.3 is 6.01 Å². The molecule has 1 heterocycles. The van der Waals surface area contributed by atoms with Crippen molar-refractivity contribution in [3.05, 3.63) is 0 Å². The van der Waals surface area contributed by atoms with Crippen molar-refractivity contribution < 1.29 is 9.47 Å². The second kappa shape index (κ2) is 7.73. The Morgan fingerprint density at radius 3 is 2.37 bits per heavy atom. The fourth-order valence-corrected chi connectivity index (χ4v) is 1.35.